The zero-order valence-electron chi connectivity index (χ0n) is 19.1. The van der Waals surface area contributed by atoms with Gasteiger partial charge in [0.05, 0.1) is 36.9 Å². The third-order valence-corrected chi connectivity index (χ3v) is 5.58. The van der Waals surface area contributed by atoms with Crippen LogP contribution in [0.25, 0.3) is 0 Å². The highest BCUT2D eigenvalue weighted by molar-refractivity contribution is 7.78. The van der Waals surface area contributed by atoms with Crippen LogP contribution >= 0.6 is 12.2 Å². The molecule has 1 aromatic rings. The van der Waals surface area contributed by atoms with Gasteiger partial charge >= 0.3 is 17.9 Å². The average Bonchev–Trinajstić information content (AvgIpc) is 2.84. The number of amides is 1. The Labute approximate surface area is 207 Å². The average molecular weight is 508 g/mol. The molecule has 4 N–H and O–H groups in total. The number of rotatable bonds is 11. The molecule has 0 saturated carbocycles. The molecular weight excluding hydrogens is 478 g/mol. The number of aliphatic carboxylic acids is 3. The number of thiocarbonyl (C=S) groups is 1. The minimum Gasteiger partial charge on any atom is -0.480 e. The summed E-state index contributed by atoms with van der Waals surface area (Å²) in [6.45, 7) is 0.610. The highest BCUT2D eigenvalue weighted by atomic mass is 32.1. The van der Waals surface area contributed by atoms with Crippen LogP contribution in [0.4, 0.5) is 5.69 Å². The second kappa shape index (κ2) is 14.2. The van der Waals surface area contributed by atoms with Gasteiger partial charge in [0.1, 0.15) is 0 Å². The first kappa shape index (κ1) is 28.0. The summed E-state index contributed by atoms with van der Waals surface area (Å²) in [5, 5.41) is 33.0. The molecular formula is C22H29N5O7S. The molecule has 1 aromatic carbocycles. The Morgan fingerprint density at radius 2 is 1.49 bits per heavy atom. The van der Waals surface area contributed by atoms with Gasteiger partial charge in [-0.1, -0.05) is 12.1 Å². The third kappa shape index (κ3) is 10.7. The van der Waals surface area contributed by atoms with Crippen molar-refractivity contribution in [3.63, 3.8) is 0 Å². The molecule has 13 heteroatoms. The van der Waals surface area contributed by atoms with Crippen LogP contribution in [0, 0.1) is 0 Å². The molecule has 1 saturated heterocycles. The van der Waals surface area contributed by atoms with Gasteiger partial charge < -0.3 is 20.6 Å². The van der Waals surface area contributed by atoms with E-state index in [0.29, 0.717) is 25.3 Å². The van der Waals surface area contributed by atoms with E-state index < -0.39 is 23.9 Å². The van der Waals surface area contributed by atoms with E-state index in [1.165, 1.54) is 0 Å². The van der Waals surface area contributed by atoms with Crippen LogP contribution in [0.5, 0.6) is 0 Å². The number of hydrogen-bond acceptors (Lipinski definition) is 9. The number of carbonyl (C=O) groups is 4. The fraction of sp³-hybridized carbons (Fsp3) is 0.500. The summed E-state index contributed by atoms with van der Waals surface area (Å²) >= 11 is 4.57. The maximum absolute atomic E-state index is 12.6. The first-order valence-corrected chi connectivity index (χ1v) is 11.3. The highest BCUT2D eigenvalue weighted by Gasteiger charge is 2.28. The van der Waals surface area contributed by atoms with Crippen LogP contribution in [0.3, 0.4) is 0 Å². The van der Waals surface area contributed by atoms with E-state index in [2.05, 4.69) is 27.7 Å². The second-order valence-electron chi connectivity index (χ2n) is 8.17. The number of hydrogen-bond donors (Lipinski definition) is 4. The summed E-state index contributed by atoms with van der Waals surface area (Å²) in [6, 6.07) is 6.42. The first-order valence-electron chi connectivity index (χ1n) is 10.9. The molecule has 0 radical (unpaired) electrons. The summed E-state index contributed by atoms with van der Waals surface area (Å²) < 4.78 is 0. The van der Waals surface area contributed by atoms with Crippen LogP contribution in [-0.2, 0) is 25.6 Å². The summed E-state index contributed by atoms with van der Waals surface area (Å²) in [4.78, 5) is 55.4. The molecule has 1 aliphatic rings. The van der Waals surface area contributed by atoms with Crippen molar-refractivity contribution in [3.05, 3.63) is 29.8 Å². The van der Waals surface area contributed by atoms with Crippen molar-refractivity contribution in [2.75, 3.05) is 58.9 Å². The minimum atomic E-state index is -1.07. The molecule has 190 valence electrons. The van der Waals surface area contributed by atoms with E-state index in [1.807, 2.05) is 0 Å². The molecule has 0 aromatic heterocycles. The number of nitrogens with zero attached hydrogens (tertiary/aromatic N) is 4. The maximum atomic E-state index is 12.6. The second-order valence-corrected chi connectivity index (χ2v) is 8.35. The maximum Gasteiger partial charge on any atom is 0.317 e. The number of carboxylic acids is 3. The monoisotopic (exact) mass is 507 g/mol. The van der Waals surface area contributed by atoms with Gasteiger partial charge in [0, 0.05) is 45.3 Å². The van der Waals surface area contributed by atoms with Gasteiger partial charge in [0.2, 0.25) is 5.91 Å². The lowest BCUT2D eigenvalue weighted by Gasteiger charge is -2.33. The zero-order chi connectivity index (χ0) is 25.8. The molecule has 12 nitrogen and oxygen atoms in total. The predicted molar refractivity (Wildman–Crippen MR) is 129 cm³/mol. The number of benzene rings is 1. The van der Waals surface area contributed by atoms with Gasteiger partial charge in [-0.25, -0.2) is 0 Å². The van der Waals surface area contributed by atoms with Gasteiger partial charge in [-0.2, -0.15) is 4.99 Å². The molecule has 0 aliphatic carbocycles. The van der Waals surface area contributed by atoms with Gasteiger partial charge in [-0.3, -0.25) is 33.9 Å². The molecule has 1 fully saturated rings. The molecule has 1 amide bonds. The van der Waals surface area contributed by atoms with Crippen molar-refractivity contribution in [3.8, 4) is 0 Å². The Morgan fingerprint density at radius 1 is 0.914 bits per heavy atom. The summed E-state index contributed by atoms with van der Waals surface area (Å²) in [5.74, 6) is -3.43. The Morgan fingerprint density at radius 3 is 2.09 bits per heavy atom. The summed E-state index contributed by atoms with van der Waals surface area (Å²) in [5.41, 5.74) is 1.37. The minimum absolute atomic E-state index is 0.0957. The van der Waals surface area contributed by atoms with Crippen LogP contribution in [-0.4, -0.2) is 124 Å². The van der Waals surface area contributed by atoms with Crippen molar-refractivity contribution in [2.45, 2.75) is 12.5 Å². The molecule has 1 atom stereocenters. The fourth-order valence-electron chi connectivity index (χ4n) is 3.83. The third-order valence-electron chi connectivity index (χ3n) is 5.49. The molecule has 1 unspecified atom stereocenters. The summed E-state index contributed by atoms with van der Waals surface area (Å²) in [6.07, 6.45) is 0.0957. The number of aliphatic imine (C=N–C) groups is 1. The summed E-state index contributed by atoms with van der Waals surface area (Å²) in [7, 11) is 0. The fourth-order valence-corrected chi connectivity index (χ4v) is 3.94. The van der Waals surface area contributed by atoms with Crippen molar-refractivity contribution >= 4 is 46.9 Å². The quantitative estimate of drug-likeness (QED) is 0.228. The highest BCUT2D eigenvalue weighted by Crippen LogP contribution is 2.13. The molecule has 35 heavy (non-hydrogen) atoms. The number of nitrogens with one attached hydrogen (secondary N) is 1. The SMILES string of the molecule is O=C(O)CN1CCN(CC(=O)O)CC(CNC(=O)Cc2ccc(N=C=S)cc2)N(CC(=O)O)CC1. The Kier molecular flexibility index (Phi) is 11.4. The zero-order valence-corrected chi connectivity index (χ0v) is 19.9. The van der Waals surface area contributed by atoms with E-state index in [4.69, 9.17) is 5.11 Å². The molecule has 1 aliphatic heterocycles. The van der Waals surface area contributed by atoms with Crippen LogP contribution in [0.15, 0.2) is 29.3 Å². The number of carbonyl (C=O) groups excluding carboxylic acids is 1. The first-order chi connectivity index (χ1) is 16.7. The van der Waals surface area contributed by atoms with Crippen LogP contribution in [0.2, 0.25) is 0 Å². The van der Waals surface area contributed by atoms with Gasteiger partial charge in [-0.15, -0.1) is 0 Å². The lowest BCUT2D eigenvalue weighted by atomic mass is 10.1. The predicted octanol–water partition coefficient (Wildman–Crippen LogP) is -0.378. The van der Waals surface area contributed by atoms with Crippen LogP contribution < -0.4 is 5.32 Å². The topological polar surface area (TPSA) is 163 Å². The Bertz CT molecular complexity index is 952. The lowest BCUT2D eigenvalue weighted by Crippen LogP contribution is -2.53. The van der Waals surface area contributed by atoms with Crippen molar-refractivity contribution in [1.82, 2.24) is 20.0 Å². The molecule has 0 spiro atoms. The van der Waals surface area contributed by atoms with E-state index >= 15 is 0 Å². The van der Waals surface area contributed by atoms with Gasteiger partial charge in [0.25, 0.3) is 0 Å². The number of isothiocyanates is 1. The largest absolute Gasteiger partial charge is 0.480 e. The smallest absolute Gasteiger partial charge is 0.317 e. The molecule has 0 bridgehead atoms. The Hall–Kier alpha value is -3.22. The van der Waals surface area contributed by atoms with Crippen molar-refractivity contribution in [2.24, 2.45) is 4.99 Å². The van der Waals surface area contributed by atoms with E-state index in [1.54, 1.807) is 39.0 Å². The van der Waals surface area contributed by atoms with E-state index in [9.17, 15) is 29.4 Å². The molecule has 1 heterocycles. The van der Waals surface area contributed by atoms with Crippen molar-refractivity contribution < 1.29 is 34.5 Å². The van der Waals surface area contributed by atoms with Crippen LogP contribution in [0.1, 0.15) is 5.56 Å². The normalized spacial score (nSPS) is 17.9. The van der Waals surface area contributed by atoms with Gasteiger partial charge in [0.15, 0.2) is 0 Å². The van der Waals surface area contributed by atoms with E-state index in [-0.39, 0.29) is 51.6 Å². The molecule has 2 rings (SSSR count). The Balaban J connectivity index is 2.12. The lowest BCUT2D eigenvalue weighted by molar-refractivity contribution is -0.140. The van der Waals surface area contributed by atoms with E-state index in [0.717, 1.165) is 5.56 Å². The van der Waals surface area contributed by atoms with Gasteiger partial charge in [-0.05, 0) is 29.9 Å². The van der Waals surface area contributed by atoms with Crippen molar-refractivity contribution in [1.29, 1.82) is 0 Å². The number of carboxylic acid groups (broad SMARTS) is 3. The standard InChI is InChI=1S/C22H29N5O7S/c28-19(9-16-1-3-17(4-2-16)24-15-35)23-10-18-11-26(13-21(31)32)6-5-25(12-20(29)30)7-8-27(18)14-22(33)34/h1-4,18H,5-14H2,(H,23,28)(H,29,30)(H,31,32)(H,33,34).